The van der Waals surface area contributed by atoms with Crippen molar-refractivity contribution in [3.05, 3.63) is 34.9 Å². The van der Waals surface area contributed by atoms with Gasteiger partial charge < -0.3 is 10.2 Å². The number of carboxylic acids is 2. The molecule has 4 nitrogen and oxygen atoms in total. The molecule has 1 rings (SSSR count). The lowest BCUT2D eigenvalue weighted by Crippen LogP contribution is -2.04. The van der Waals surface area contributed by atoms with Gasteiger partial charge >= 0.3 is 11.9 Å². The van der Waals surface area contributed by atoms with Gasteiger partial charge in [-0.2, -0.15) is 0 Å². The van der Waals surface area contributed by atoms with Gasteiger partial charge in [0.1, 0.15) is 0 Å². The summed E-state index contributed by atoms with van der Waals surface area (Å²) in [5.74, 6) is 4.33. The molecule has 0 aliphatic carbocycles. The maximum absolute atomic E-state index is 10.8. The van der Waals surface area contributed by atoms with Crippen molar-refractivity contribution in [3.8, 4) is 24.2 Å². The van der Waals surface area contributed by atoms with Gasteiger partial charge in [-0.15, -0.1) is 6.42 Å². The average Bonchev–Trinajstić information content (AvgIpc) is 2.25. The highest BCUT2D eigenvalue weighted by molar-refractivity contribution is 5.95. The van der Waals surface area contributed by atoms with Crippen LogP contribution in [0.4, 0.5) is 0 Å². The molecule has 0 aromatic heterocycles. The molecule has 0 aliphatic heterocycles. The van der Waals surface area contributed by atoms with E-state index in [0.29, 0.717) is 0 Å². The molecule has 0 bridgehead atoms. The van der Waals surface area contributed by atoms with Gasteiger partial charge in [0.05, 0.1) is 11.1 Å². The third-order valence-corrected chi connectivity index (χ3v) is 1.77. The third kappa shape index (κ3) is 2.40. The Morgan fingerprint density at radius 1 is 1.19 bits per heavy atom. The highest BCUT2D eigenvalue weighted by atomic mass is 16.4. The lowest BCUT2D eigenvalue weighted by molar-refractivity contribution is 0.0695. The molecular weight excluding hydrogens is 208 g/mol. The Labute approximate surface area is 91.5 Å². The minimum absolute atomic E-state index is 0.108. The van der Waals surface area contributed by atoms with E-state index >= 15 is 0 Å². The predicted molar refractivity (Wildman–Crippen MR) is 56.1 cm³/mol. The number of carbonyl (C=O) groups is 2. The average molecular weight is 214 g/mol. The summed E-state index contributed by atoms with van der Waals surface area (Å²) in [7, 11) is 0. The minimum Gasteiger partial charge on any atom is -0.478 e. The molecule has 0 amide bonds. The first-order chi connectivity index (χ1) is 7.56. The molecule has 0 atom stereocenters. The van der Waals surface area contributed by atoms with Crippen molar-refractivity contribution in [1.29, 1.82) is 0 Å². The predicted octanol–water partition coefficient (Wildman–Crippen LogP) is 1.07. The van der Waals surface area contributed by atoms with Crippen LogP contribution in [0.5, 0.6) is 0 Å². The molecule has 78 valence electrons. The summed E-state index contributed by atoms with van der Waals surface area (Å²) in [5, 5.41) is 17.6. The SMILES string of the molecule is C#CC#Cc1ccc(C(=O)O)cc1C(=O)O. The molecule has 16 heavy (non-hydrogen) atoms. The van der Waals surface area contributed by atoms with Crippen molar-refractivity contribution in [2.24, 2.45) is 0 Å². The van der Waals surface area contributed by atoms with Crippen LogP contribution in [-0.2, 0) is 0 Å². The molecule has 0 heterocycles. The number of terminal acetylenes is 1. The molecule has 2 N–H and O–H groups in total. The molecule has 0 saturated heterocycles. The number of hydrogen-bond acceptors (Lipinski definition) is 2. The number of hydrogen-bond donors (Lipinski definition) is 2. The fraction of sp³-hybridized carbons (Fsp3) is 0. The molecule has 0 unspecified atom stereocenters. The zero-order valence-electron chi connectivity index (χ0n) is 8.02. The van der Waals surface area contributed by atoms with Gasteiger partial charge in [-0.25, -0.2) is 9.59 Å². The molecule has 0 aliphatic rings. The maximum atomic E-state index is 10.8. The number of aromatic carboxylic acids is 2. The number of rotatable bonds is 2. The second-order valence-corrected chi connectivity index (χ2v) is 2.77. The van der Waals surface area contributed by atoms with Crippen molar-refractivity contribution < 1.29 is 19.8 Å². The molecule has 0 radical (unpaired) electrons. The number of benzene rings is 1. The summed E-state index contributed by atoms with van der Waals surface area (Å²) >= 11 is 0. The normalized spacial score (nSPS) is 8.44. The van der Waals surface area contributed by atoms with Crippen LogP contribution in [0.25, 0.3) is 0 Å². The van der Waals surface area contributed by atoms with E-state index in [4.69, 9.17) is 16.6 Å². The van der Waals surface area contributed by atoms with E-state index in [9.17, 15) is 9.59 Å². The Morgan fingerprint density at radius 2 is 1.88 bits per heavy atom. The van der Waals surface area contributed by atoms with Gasteiger partial charge in [0.2, 0.25) is 0 Å². The van der Waals surface area contributed by atoms with Gasteiger partial charge in [-0.1, -0.05) is 5.92 Å². The van der Waals surface area contributed by atoms with Gasteiger partial charge in [-0.05, 0) is 30.0 Å². The van der Waals surface area contributed by atoms with E-state index < -0.39 is 11.9 Å². The molecule has 0 saturated carbocycles. The molecule has 4 heteroatoms. The first-order valence-electron chi connectivity index (χ1n) is 4.13. The lowest BCUT2D eigenvalue weighted by Gasteiger charge is -2.00. The smallest absolute Gasteiger partial charge is 0.336 e. The quantitative estimate of drug-likeness (QED) is 0.722. The zero-order chi connectivity index (χ0) is 12.1. The first kappa shape index (κ1) is 11.4. The Bertz CT molecular complexity index is 553. The maximum Gasteiger partial charge on any atom is 0.336 e. The summed E-state index contributed by atoms with van der Waals surface area (Å²) in [6, 6.07) is 3.64. The zero-order valence-corrected chi connectivity index (χ0v) is 8.02. The highest BCUT2D eigenvalue weighted by Crippen LogP contribution is 2.11. The second-order valence-electron chi connectivity index (χ2n) is 2.77. The largest absolute Gasteiger partial charge is 0.478 e. The highest BCUT2D eigenvalue weighted by Gasteiger charge is 2.12. The monoisotopic (exact) mass is 214 g/mol. The topological polar surface area (TPSA) is 74.6 Å². The van der Waals surface area contributed by atoms with Crippen LogP contribution >= 0.6 is 0 Å². The van der Waals surface area contributed by atoms with Gasteiger partial charge in [0.15, 0.2) is 0 Å². The van der Waals surface area contributed by atoms with Crippen LogP contribution in [0.2, 0.25) is 0 Å². The van der Waals surface area contributed by atoms with Crippen LogP contribution in [0.15, 0.2) is 18.2 Å². The minimum atomic E-state index is -1.25. The molecule has 0 spiro atoms. The van der Waals surface area contributed by atoms with Crippen molar-refractivity contribution in [2.75, 3.05) is 0 Å². The van der Waals surface area contributed by atoms with Crippen LogP contribution in [0.1, 0.15) is 26.3 Å². The van der Waals surface area contributed by atoms with Gasteiger partial charge in [-0.3, -0.25) is 0 Å². The van der Waals surface area contributed by atoms with Crippen LogP contribution in [0.3, 0.4) is 0 Å². The molecular formula is C12H6O4. The second kappa shape index (κ2) is 4.68. The van der Waals surface area contributed by atoms with Crippen LogP contribution in [-0.4, -0.2) is 22.2 Å². The Kier molecular flexibility index (Phi) is 3.32. The molecule has 1 aromatic carbocycles. The fourth-order valence-electron chi connectivity index (χ4n) is 1.07. The first-order valence-corrected chi connectivity index (χ1v) is 4.13. The van der Waals surface area contributed by atoms with Crippen LogP contribution in [0, 0.1) is 24.2 Å². The summed E-state index contributed by atoms with van der Waals surface area (Å²) in [6.07, 6.45) is 4.92. The summed E-state index contributed by atoms with van der Waals surface area (Å²) in [5.41, 5.74) is -0.0956. The summed E-state index contributed by atoms with van der Waals surface area (Å²) in [6.45, 7) is 0. The van der Waals surface area contributed by atoms with Gasteiger partial charge in [0, 0.05) is 5.56 Å². The Balaban J connectivity index is 3.37. The molecule has 0 fully saturated rings. The van der Waals surface area contributed by atoms with E-state index in [2.05, 4.69) is 11.8 Å². The van der Waals surface area contributed by atoms with Gasteiger partial charge in [0.25, 0.3) is 0 Å². The summed E-state index contributed by atoms with van der Waals surface area (Å²) < 4.78 is 0. The van der Waals surface area contributed by atoms with E-state index in [1.165, 1.54) is 12.1 Å². The Morgan fingerprint density at radius 3 is 2.38 bits per heavy atom. The van der Waals surface area contributed by atoms with E-state index in [1.54, 1.807) is 0 Å². The fourth-order valence-corrected chi connectivity index (χ4v) is 1.07. The van der Waals surface area contributed by atoms with Crippen LogP contribution < -0.4 is 0 Å². The third-order valence-electron chi connectivity index (χ3n) is 1.77. The van der Waals surface area contributed by atoms with E-state index in [0.717, 1.165) is 6.07 Å². The van der Waals surface area contributed by atoms with Crippen molar-refractivity contribution in [2.45, 2.75) is 0 Å². The van der Waals surface area contributed by atoms with Crippen molar-refractivity contribution in [1.82, 2.24) is 0 Å². The number of carboxylic acid groups (broad SMARTS) is 2. The molecule has 1 aromatic rings. The van der Waals surface area contributed by atoms with Crippen molar-refractivity contribution >= 4 is 11.9 Å². The summed E-state index contributed by atoms with van der Waals surface area (Å²) in [4.78, 5) is 21.5. The van der Waals surface area contributed by atoms with E-state index in [-0.39, 0.29) is 16.7 Å². The Hall–Kier alpha value is -2.72. The standard InChI is InChI=1S/C12H6O4/c1-2-3-4-8-5-6-9(11(13)14)7-10(8)12(15)16/h1,5-7H,(H,13,14)(H,15,16). The lowest BCUT2D eigenvalue weighted by atomic mass is 10.0. The van der Waals surface area contributed by atoms with E-state index in [1.807, 2.05) is 5.92 Å². The van der Waals surface area contributed by atoms with Crippen molar-refractivity contribution in [3.63, 3.8) is 0 Å².